The molecule has 1 amide bonds. The summed E-state index contributed by atoms with van der Waals surface area (Å²) in [5.74, 6) is 0.169. The molecule has 0 aliphatic carbocycles. The first-order valence-corrected chi connectivity index (χ1v) is 8.01. The molecule has 24 heavy (non-hydrogen) atoms. The van der Waals surface area contributed by atoms with Crippen LogP contribution in [0.2, 0.25) is 0 Å². The van der Waals surface area contributed by atoms with Crippen molar-refractivity contribution in [3.8, 4) is 11.4 Å². The highest BCUT2D eigenvalue weighted by molar-refractivity contribution is 8.00. The van der Waals surface area contributed by atoms with Crippen LogP contribution in [0.5, 0.6) is 5.75 Å². The van der Waals surface area contributed by atoms with Crippen molar-refractivity contribution in [1.29, 1.82) is 0 Å². The van der Waals surface area contributed by atoms with Crippen molar-refractivity contribution in [3.05, 3.63) is 60.2 Å². The Morgan fingerprint density at radius 1 is 1.17 bits per heavy atom. The Morgan fingerprint density at radius 2 is 1.88 bits per heavy atom. The van der Waals surface area contributed by atoms with Gasteiger partial charge >= 0.3 is 0 Å². The fourth-order valence-corrected chi connectivity index (χ4v) is 3.17. The average Bonchev–Trinajstić information content (AvgIpc) is 3.08. The average molecular weight is 341 g/mol. The Labute approximate surface area is 142 Å². The smallest absolute Gasteiger partial charge is 0.235 e. The number of carbonyl (C=O) groups is 1. The van der Waals surface area contributed by atoms with Gasteiger partial charge in [0.05, 0.1) is 7.11 Å². The zero-order valence-electron chi connectivity index (χ0n) is 12.9. The van der Waals surface area contributed by atoms with E-state index >= 15 is 0 Å². The SMILES string of the molecule is COc1ccccc1-n1nnnc1SC(C(N)=O)c1ccccc1. The van der Waals surface area contributed by atoms with Crippen molar-refractivity contribution in [3.63, 3.8) is 0 Å². The van der Waals surface area contributed by atoms with Crippen molar-refractivity contribution in [2.24, 2.45) is 5.73 Å². The largest absolute Gasteiger partial charge is 0.494 e. The minimum absolute atomic E-state index is 0.451. The van der Waals surface area contributed by atoms with E-state index in [4.69, 9.17) is 10.5 Å². The molecular weight excluding hydrogens is 326 g/mol. The molecule has 8 heteroatoms. The number of methoxy groups -OCH3 is 1. The lowest BCUT2D eigenvalue weighted by molar-refractivity contribution is -0.117. The van der Waals surface area contributed by atoms with Crippen LogP contribution < -0.4 is 10.5 Å². The lowest BCUT2D eigenvalue weighted by Gasteiger charge is -2.13. The molecule has 0 saturated heterocycles. The summed E-state index contributed by atoms with van der Waals surface area (Å²) in [5, 5.41) is 11.6. The first kappa shape index (κ1) is 16.0. The summed E-state index contributed by atoms with van der Waals surface area (Å²) in [6.07, 6.45) is 0. The van der Waals surface area contributed by atoms with Crippen molar-refractivity contribution in [1.82, 2.24) is 20.2 Å². The molecule has 1 unspecified atom stereocenters. The minimum atomic E-state index is -0.592. The van der Waals surface area contributed by atoms with Crippen LogP contribution in [0.3, 0.4) is 0 Å². The van der Waals surface area contributed by atoms with Gasteiger partial charge in [0.1, 0.15) is 16.7 Å². The summed E-state index contributed by atoms with van der Waals surface area (Å²) < 4.78 is 6.87. The van der Waals surface area contributed by atoms with Gasteiger partial charge in [0.15, 0.2) is 0 Å². The normalized spacial score (nSPS) is 11.9. The molecule has 0 bridgehead atoms. The number of thioether (sulfide) groups is 1. The zero-order chi connectivity index (χ0) is 16.9. The fourth-order valence-electron chi connectivity index (χ4n) is 2.23. The van der Waals surface area contributed by atoms with Crippen molar-refractivity contribution in [2.45, 2.75) is 10.4 Å². The molecule has 2 aromatic carbocycles. The quantitative estimate of drug-likeness (QED) is 0.689. The van der Waals surface area contributed by atoms with E-state index in [-0.39, 0.29) is 0 Å². The number of rotatable bonds is 6. The maximum Gasteiger partial charge on any atom is 0.235 e. The number of tetrazole rings is 1. The molecule has 3 aromatic rings. The molecular formula is C16H15N5O2S. The number of amides is 1. The third-order valence-corrected chi connectivity index (χ3v) is 4.54. The molecule has 0 spiro atoms. The van der Waals surface area contributed by atoms with E-state index in [9.17, 15) is 4.79 Å². The Morgan fingerprint density at radius 3 is 2.58 bits per heavy atom. The highest BCUT2D eigenvalue weighted by Gasteiger charge is 2.23. The van der Waals surface area contributed by atoms with Gasteiger partial charge < -0.3 is 10.5 Å². The third-order valence-electron chi connectivity index (χ3n) is 3.34. The molecule has 3 rings (SSSR count). The summed E-state index contributed by atoms with van der Waals surface area (Å²) in [5.41, 5.74) is 7.05. The van der Waals surface area contributed by atoms with Gasteiger partial charge in [-0.3, -0.25) is 4.79 Å². The van der Waals surface area contributed by atoms with Crippen LogP contribution in [0.25, 0.3) is 5.69 Å². The number of carbonyl (C=O) groups excluding carboxylic acids is 1. The minimum Gasteiger partial charge on any atom is -0.494 e. The van der Waals surface area contributed by atoms with Crippen LogP contribution in [0.15, 0.2) is 59.8 Å². The van der Waals surface area contributed by atoms with E-state index in [0.29, 0.717) is 16.6 Å². The monoisotopic (exact) mass is 341 g/mol. The highest BCUT2D eigenvalue weighted by atomic mass is 32.2. The second-order valence-electron chi connectivity index (χ2n) is 4.86. The van der Waals surface area contributed by atoms with Crippen LogP contribution in [-0.2, 0) is 4.79 Å². The molecule has 7 nitrogen and oxygen atoms in total. The van der Waals surface area contributed by atoms with Gasteiger partial charge in [-0.25, -0.2) is 0 Å². The zero-order valence-corrected chi connectivity index (χ0v) is 13.7. The van der Waals surface area contributed by atoms with Gasteiger partial charge in [-0.15, -0.1) is 5.10 Å². The standard InChI is InChI=1S/C16H15N5O2S/c1-23-13-10-6-5-9-12(13)21-16(18-19-20-21)24-14(15(17)22)11-7-3-2-4-8-11/h2-10,14H,1H3,(H2,17,22). The molecule has 122 valence electrons. The molecule has 0 aliphatic heterocycles. The summed E-state index contributed by atoms with van der Waals surface area (Å²) >= 11 is 1.19. The van der Waals surface area contributed by atoms with Gasteiger partial charge in [0, 0.05) is 0 Å². The Balaban J connectivity index is 1.97. The lowest BCUT2D eigenvalue weighted by atomic mass is 10.1. The van der Waals surface area contributed by atoms with E-state index in [1.807, 2.05) is 54.6 Å². The Hall–Kier alpha value is -2.87. The van der Waals surface area contributed by atoms with Crippen LogP contribution >= 0.6 is 11.8 Å². The maximum absolute atomic E-state index is 11.9. The summed E-state index contributed by atoms with van der Waals surface area (Å²) in [7, 11) is 1.58. The molecule has 0 radical (unpaired) electrons. The van der Waals surface area contributed by atoms with Crippen molar-refractivity contribution in [2.75, 3.05) is 7.11 Å². The molecule has 0 saturated carbocycles. The van der Waals surface area contributed by atoms with Crippen LogP contribution in [0.4, 0.5) is 0 Å². The summed E-state index contributed by atoms with van der Waals surface area (Å²) in [4.78, 5) is 11.9. The van der Waals surface area contributed by atoms with Gasteiger partial charge in [0.2, 0.25) is 11.1 Å². The number of benzene rings is 2. The first-order chi connectivity index (χ1) is 11.7. The van der Waals surface area contributed by atoms with Gasteiger partial charge in [-0.1, -0.05) is 54.2 Å². The number of ether oxygens (including phenoxy) is 1. The van der Waals surface area contributed by atoms with Crippen molar-refractivity contribution >= 4 is 17.7 Å². The lowest BCUT2D eigenvalue weighted by Crippen LogP contribution is -2.19. The number of hydrogen-bond acceptors (Lipinski definition) is 6. The number of primary amides is 1. The summed E-state index contributed by atoms with van der Waals surface area (Å²) in [6.45, 7) is 0. The first-order valence-electron chi connectivity index (χ1n) is 7.13. The Bertz CT molecular complexity index is 837. The predicted molar refractivity (Wildman–Crippen MR) is 89.9 cm³/mol. The summed E-state index contributed by atoms with van der Waals surface area (Å²) in [6, 6.07) is 16.6. The van der Waals surface area contributed by atoms with E-state index in [1.54, 1.807) is 7.11 Å². The van der Waals surface area contributed by atoms with E-state index < -0.39 is 11.2 Å². The molecule has 1 heterocycles. The van der Waals surface area contributed by atoms with E-state index in [1.165, 1.54) is 16.4 Å². The number of hydrogen-bond donors (Lipinski definition) is 1. The van der Waals surface area contributed by atoms with E-state index in [2.05, 4.69) is 15.5 Å². The molecule has 2 N–H and O–H groups in total. The predicted octanol–water partition coefficient (Wildman–Crippen LogP) is 1.99. The molecule has 0 aliphatic rings. The van der Waals surface area contributed by atoms with Crippen LogP contribution in [-0.4, -0.2) is 33.2 Å². The second kappa shape index (κ2) is 7.14. The Kier molecular flexibility index (Phi) is 4.76. The van der Waals surface area contributed by atoms with E-state index in [0.717, 1.165) is 5.56 Å². The third kappa shape index (κ3) is 3.23. The highest BCUT2D eigenvalue weighted by Crippen LogP contribution is 2.35. The van der Waals surface area contributed by atoms with Crippen molar-refractivity contribution < 1.29 is 9.53 Å². The van der Waals surface area contributed by atoms with Crippen LogP contribution in [0.1, 0.15) is 10.8 Å². The number of aromatic nitrogens is 4. The maximum atomic E-state index is 11.9. The second-order valence-corrected chi connectivity index (χ2v) is 5.93. The number of para-hydroxylation sites is 2. The molecule has 1 aromatic heterocycles. The van der Waals surface area contributed by atoms with Gasteiger partial charge in [0.25, 0.3) is 0 Å². The van der Waals surface area contributed by atoms with Gasteiger partial charge in [-0.2, -0.15) is 4.68 Å². The van der Waals surface area contributed by atoms with Crippen LogP contribution in [0, 0.1) is 0 Å². The molecule has 1 atom stereocenters. The molecule has 0 fully saturated rings. The number of nitrogens with zero attached hydrogens (tertiary/aromatic N) is 4. The van der Waals surface area contributed by atoms with Gasteiger partial charge in [-0.05, 0) is 28.1 Å². The number of nitrogens with two attached hydrogens (primary N) is 1. The topological polar surface area (TPSA) is 95.9 Å². The fraction of sp³-hybridized carbons (Fsp3) is 0.125.